The molecule has 5 heterocycles. The van der Waals surface area contributed by atoms with Crippen LogP contribution in [0.25, 0.3) is 0 Å². The standard InChI is InChI=1S/C39H67N3O26/c1-11-23(50)33(21(41-14(4)47)35(61-11)59-9-16(49)6-43)67-37-22(42-15(5)48)34(32(12(2)62-37)66-39-31(58)29(56)25(52)18(8-45)64-39)68-36-20(40-13(3)46)27(54)26(53)19(65-36)10-60-38-30(57)28(55)24(51)17(7-44)63-38/h11-12,16-39,43-45,49-58H,6-10H2,1-5H3,(H,40,46)(H,41,47)(H,42,48)/t11-,12+,16+,17-,18-,19-,20-,21-,22+,23-,24-,25-,26+,27-,28+,29+,30-,31-,32-,33-,34+,35-,36-,37+,38+,39+/m1/s1. The van der Waals surface area contributed by atoms with Crippen LogP contribution in [0.4, 0.5) is 0 Å². The number of aliphatic hydroxyl groups excluding tert-OH is 13. The zero-order chi connectivity index (χ0) is 50.5. The second kappa shape index (κ2) is 24.7. The fourth-order valence-corrected chi connectivity index (χ4v) is 8.43. The van der Waals surface area contributed by atoms with Gasteiger partial charge in [0.25, 0.3) is 0 Å². The Balaban J connectivity index is 1.55. The molecule has 26 atom stereocenters. The molecule has 5 saturated heterocycles. The van der Waals surface area contributed by atoms with Gasteiger partial charge in [0, 0.05) is 20.8 Å². The van der Waals surface area contributed by atoms with Crippen molar-refractivity contribution in [2.24, 2.45) is 0 Å². The van der Waals surface area contributed by atoms with Crippen molar-refractivity contribution in [3.05, 3.63) is 0 Å². The molecule has 68 heavy (non-hydrogen) atoms. The lowest BCUT2D eigenvalue weighted by atomic mass is 9.93. The van der Waals surface area contributed by atoms with Crippen molar-refractivity contribution in [2.75, 3.05) is 33.0 Å². The highest BCUT2D eigenvalue weighted by Crippen LogP contribution is 2.36. The summed E-state index contributed by atoms with van der Waals surface area (Å²) in [5.74, 6) is -2.23. The van der Waals surface area contributed by atoms with Gasteiger partial charge in [-0.25, -0.2) is 0 Å². The van der Waals surface area contributed by atoms with Gasteiger partial charge in [-0.1, -0.05) is 0 Å². The molecule has 0 saturated carbocycles. The highest BCUT2D eigenvalue weighted by atomic mass is 16.8. The van der Waals surface area contributed by atoms with Crippen LogP contribution in [0.15, 0.2) is 0 Å². The van der Waals surface area contributed by atoms with Gasteiger partial charge in [0.2, 0.25) is 17.7 Å². The molecule has 5 aliphatic heterocycles. The maximum atomic E-state index is 13.1. The Morgan fingerprint density at radius 1 is 0.471 bits per heavy atom. The van der Waals surface area contributed by atoms with E-state index in [1.807, 2.05) is 0 Å². The first-order valence-corrected chi connectivity index (χ1v) is 21.9. The number of amides is 3. The Morgan fingerprint density at radius 2 is 0.912 bits per heavy atom. The summed E-state index contributed by atoms with van der Waals surface area (Å²) >= 11 is 0. The lowest BCUT2D eigenvalue weighted by Gasteiger charge is -2.52. The lowest BCUT2D eigenvalue weighted by molar-refractivity contribution is -0.375. The van der Waals surface area contributed by atoms with E-state index < -0.39 is 210 Å². The first-order valence-electron chi connectivity index (χ1n) is 21.9. The van der Waals surface area contributed by atoms with Gasteiger partial charge in [-0.05, 0) is 13.8 Å². The van der Waals surface area contributed by atoms with Crippen LogP contribution < -0.4 is 16.0 Å². The van der Waals surface area contributed by atoms with Gasteiger partial charge in [0.15, 0.2) is 31.5 Å². The molecule has 5 fully saturated rings. The number of aliphatic hydroxyl groups is 13. The molecule has 5 aliphatic rings. The lowest BCUT2D eigenvalue weighted by Crippen LogP contribution is -2.72. The van der Waals surface area contributed by atoms with E-state index >= 15 is 0 Å². The highest BCUT2D eigenvalue weighted by Gasteiger charge is 2.57. The van der Waals surface area contributed by atoms with E-state index in [2.05, 4.69) is 16.0 Å². The summed E-state index contributed by atoms with van der Waals surface area (Å²) in [6, 6.07) is -4.73. The molecule has 0 aromatic carbocycles. The third-order valence-corrected chi connectivity index (χ3v) is 12.1. The van der Waals surface area contributed by atoms with Gasteiger partial charge < -0.3 is 130 Å². The molecular weight excluding hydrogens is 926 g/mol. The second-order valence-electron chi connectivity index (χ2n) is 17.3. The minimum atomic E-state index is -2.01. The predicted octanol–water partition coefficient (Wildman–Crippen LogP) is -10.1. The molecule has 0 aliphatic carbocycles. The maximum absolute atomic E-state index is 13.1. The van der Waals surface area contributed by atoms with E-state index in [0.717, 1.165) is 20.8 Å². The molecule has 394 valence electrons. The van der Waals surface area contributed by atoms with Crippen molar-refractivity contribution in [1.82, 2.24) is 16.0 Å². The van der Waals surface area contributed by atoms with Crippen LogP contribution in [0.5, 0.6) is 0 Å². The number of ether oxygens (including phenoxy) is 10. The summed E-state index contributed by atoms with van der Waals surface area (Å²) in [6.45, 7) is 2.43. The smallest absolute Gasteiger partial charge is 0.217 e. The SMILES string of the molecule is CC(=O)N[C@@H]1[C@H](O[C@H]2[C@H](O)[C@@H](C)O[C@@H](OC[C@@H](O)CO)[C@@H]2NC(C)=O)O[C@@H](C)[C@@H](O[C@@H]2O[C@H](CO)[C@@H](O)[C@H](O)[C@H]2O)[C@H]1O[C@H]1O[C@H](CO[C@H]2O[C@H](CO)[C@@H](O)[C@H](O)[C@H]2O)[C@H](O)[C@H](O)[C@H]1NC(C)=O. The summed E-state index contributed by atoms with van der Waals surface area (Å²) in [7, 11) is 0. The van der Waals surface area contributed by atoms with E-state index in [9.17, 15) is 80.8 Å². The number of hydrogen-bond donors (Lipinski definition) is 16. The Hall–Kier alpha value is -2.51. The molecule has 0 aromatic heterocycles. The van der Waals surface area contributed by atoms with Gasteiger partial charge in [0.1, 0.15) is 116 Å². The van der Waals surface area contributed by atoms with E-state index in [1.165, 1.54) is 13.8 Å². The Kier molecular flexibility index (Phi) is 20.5. The van der Waals surface area contributed by atoms with Crippen molar-refractivity contribution >= 4 is 17.7 Å². The number of rotatable bonds is 18. The third-order valence-electron chi connectivity index (χ3n) is 12.1. The van der Waals surface area contributed by atoms with E-state index in [4.69, 9.17) is 47.4 Å². The zero-order valence-electron chi connectivity index (χ0n) is 37.7. The summed E-state index contributed by atoms with van der Waals surface area (Å²) in [6.07, 6.45) is -38.8. The zero-order valence-corrected chi connectivity index (χ0v) is 37.7. The summed E-state index contributed by atoms with van der Waals surface area (Å²) in [4.78, 5) is 38.3. The predicted molar refractivity (Wildman–Crippen MR) is 215 cm³/mol. The second-order valence-corrected chi connectivity index (χ2v) is 17.3. The van der Waals surface area contributed by atoms with E-state index in [1.54, 1.807) is 0 Å². The molecule has 29 nitrogen and oxygen atoms in total. The van der Waals surface area contributed by atoms with Crippen molar-refractivity contribution in [3.8, 4) is 0 Å². The van der Waals surface area contributed by atoms with Crippen LogP contribution in [0.2, 0.25) is 0 Å². The maximum Gasteiger partial charge on any atom is 0.217 e. The first kappa shape index (κ1) is 56.4. The largest absolute Gasteiger partial charge is 0.394 e. The monoisotopic (exact) mass is 993 g/mol. The van der Waals surface area contributed by atoms with Crippen LogP contribution >= 0.6 is 0 Å². The van der Waals surface area contributed by atoms with Crippen molar-refractivity contribution < 1.29 is 128 Å². The van der Waals surface area contributed by atoms with Gasteiger partial charge in [0.05, 0.1) is 45.2 Å². The number of carbonyl (C=O) groups excluding carboxylic acids is 3. The van der Waals surface area contributed by atoms with E-state index in [0.29, 0.717) is 0 Å². The minimum absolute atomic E-state index is 0.503. The molecule has 3 amide bonds. The molecule has 0 radical (unpaired) electrons. The number of carbonyl (C=O) groups is 3. The van der Waals surface area contributed by atoms with Gasteiger partial charge >= 0.3 is 0 Å². The molecule has 16 N–H and O–H groups in total. The van der Waals surface area contributed by atoms with E-state index in [-0.39, 0.29) is 0 Å². The van der Waals surface area contributed by atoms with Crippen LogP contribution in [0.1, 0.15) is 34.6 Å². The summed E-state index contributed by atoms with van der Waals surface area (Å²) in [5.41, 5.74) is 0. The Labute approximate surface area is 388 Å². The van der Waals surface area contributed by atoms with Crippen LogP contribution in [-0.4, -0.2) is 277 Å². The van der Waals surface area contributed by atoms with Gasteiger partial charge in [-0.3, -0.25) is 14.4 Å². The van der Waals surface area contributed by atoms with Crippen molar-refractivity contribution in [1.29, 1.82) is 0 Å². The molecule has 0 spiro atoms. The number of hydrogen-bond acceptors (Lipinski definition) is 26. The molecule has 0 bridgehead atoms. The van der Waals surface area contributed by atoms with Gasteiger partial charge in [-0.2, -0.15) is 0 Å². The molecule has 5 rings (SSSR count). The van der Waals surface area contributed by atoms with Crippen molar-refractivity contribution in [2.45, 2.75) is 194 Å². The molecular formula is C39H67N3O26. The third kappa shape index (κ3) is 13.1. The molecule has 0 aromatic rings. The summed E-state index contributed by atoms with van der Waals surface area (Å²) in [5, 5.41) is 144. The molecule has 0 unspecified atom stereocenters. The normalized spacial score (nSPS) is 46.1. The fourth-order valence-electron chi connectivity index (χ4n) is 8.43. The minimum Gasteiger partial charge on any atom is -0.394 e. The van der Waals surface area contributed by atoms with Crippen molar-refractivity contribution in [3.63, 3.8) is 0 Å². The molecule has 29 heteroatoms. The van der Waals surface area contributed by atoms with Gasteiger partial charge in [-0.15, -0.1) is 0 Å². The van der Waals surface area contributed by atoms with Crippen LogP contribution in [0.3, 0.4) is 0 Å². The van der Waals surface area contributed by atoms with Crippen LogP contribution in [-0.2, 0) is 61.8 Å². The highest BCUT2D eigenvalue weighted by molar-refractivity contribution is 5.74. The topological polar surface area (TPSA) is 443 Å². The fraction of sp³-hybridized carbons (Fsp3) is 0.923. The number of nitrogens with one attached hydrogen (secondary N) is 3. The average Bonchev–Trinajstić information content (AvgIpc) is 3.28. The Morgan fingerprint density at radius 3 is 1.46 bits per heavy atom. The quantitative estimate of drug-likeness (QED) is 0.0606. The summed E-state index contributed by atoms with van der Waals surface area (Å²) < 4.78 is 59.6. The van der Waals surface area contributed by atoms with Crippen LogP contribution in [0, 0.1) is 0 Å². The first-order chi connectivity index (χ1) is 32.0. The Bertz CT molecular complexity index is 1620. The average molecular weight is 994 g/mol.